The summed E-state index contributed by atoms with van der Waals surface area (Å²) in [5.41, 5.74) is 0.132. The molecule has 0 aliphatic carbocycles. The summed E-state index contributed by atoms with van der Waals surface area (Å²) in [6.07, 6.45) is -0.497. The molecule has 0 aliphatic rings. The van der Waals surface area contributed by atoms with E-state index in [2.05, 4.69) is 5.32 Å². The highest BCUT2D eigenvalue weighted by atomic mass is 35.5. The molecule has 0 aliphatic heterocycles. The molecule has 0 saturated heterocycles. The number of carbonyl (C=O) groups is 2. The lowest BCUT2D eigenvalue weighted by molar-refractivity contribution is -0.122. The molecule has 0 radical (unpaired) electrons. The molecule has 0 heterocycles. The molecule has 0 unspecified atom stereocenters. The summed E-state index contributed by atoms with van der Waals surface area (Å²) < 4.78 is -1.16. The number of benzene rings is 1. The van der Waals surface area contributed by atoms with E-state index in [-0.39, 0.29) is 12.5 Å². The highest BCUT2D eigenvalue weighted by molar-refractivity contribution is 6.47. The van der Waals surface area contributed by atoms with Gasteiger partial charge in [0.05, 0.1) is 0 Å². The largest absolute Gasteiger partial charge is 0.465 e. The molecule has 0 fully saturated rings. The van der Waals surface area contributed by atoms with Crippen molar-refractivity contribution in [3.05, 3.63) is 35.9 Å². The molecule has 8 heteroatoms. The van der Waals surface area contributed by atoms with Gasteiger partial charge in [-0.15, -0.1) is 0 Å². The van der Waals surface area contributed by atoms with E-state index in [1.165, 1.54) is 0 Å². The Labute approximate surface area is 165 Å². The Kier molecular flexibility index (Phi) is 8.18. The Balaban J connectivity index is 2.44. The predicted molar refractivity (Wildman–Crippen MR) is 105 cm³/mol. The number of carbonyl (C=O) groups excluding carboxylic acids is 1. The summed E-state index contributed by atoms with van der Waals surface area (Å²) in [7, 11) is 1.81. The van der Waals surface area contributed by atoms with Gasteiger partial charge in [-0.2, -0.15) is 0 Å². The average molecular weight is 404 g/mol. The topological polar surface area (TPSA) is 72.9 Å². The summed E-state index contributed by atoms with van der Waals surface area (Å²) in [5.74, 6) is -0.337. The second kappa shape index (κ2) is 9.44. The first-order chi connectivity index (χ1) is 12.0. The number of nitrogens with zero attached hydrogens (tertiary/aromatic N) is 2. The lowest BCUT2D eigenvalue weighted by Crippen LogP contribution is -2.50. The van der Waals surface area contributed by atoms with E-state index in [1.807, 2.05) is 30.3 Å². The third kappa shape index (κ3) is 6.67. The minimum atomic E-state index is -1.16. The molecule has 0 saturated carbocycles. The van der Waals surface area contributed by atoms with Gasteiger partial charge in [0, 0.05) is 24.2 Å². The summed E-state index contributed by atoms with van der Waals surface area (Å²) in [6, 6.07) is 9.33. The molecule has 146 valence electrons. The van der Waals surface area contributed by atoms with Crippen molar-refractivity contribution in [3.8, 4) is 0 Å². The minimum Gasteiger partial charge on any atom is -0.465 e. The van der Waals surface area contributed by atoms with Gasteiger partial charge in [-0.25, -0.2) is 4.79 Å². The molecule has 6 nitrogen and oxygen atoms in total. The van der Waals surface area contributed by atoms with Crippen LogP contribution in [0.15, 0.2) is 30.3 Å². The van der Waals surface area contributed by atoms with Crippen molar-refractivity contribution in [3.63, 3.8) is 0 Å². The maximum atomic E-state index is 12.0. The zero-order valence-electron chi connectivity index (χ0n) is 15.6. The zero-order chi connectivity index (χ0) is 20.0. The van der Waals surface area contributed by atoms with E-state index in [1.54, 1.807) is 32.7 Å². The first kappa shape index (κ1) is 22.5. The van der Waals surface area contributed by atoms with Crippen molar-refractivity contribution >= 4 is 35.2 Å². The Morgan fingerprint density at radius 2 is 1.73 bits per heavy atom. The normalized spacial score (nSPS) is 12.1. The molecule has 1 aromatic carbocycles. The van der Waals surface area contributed by atoms with Crippen molar-refractivity contribution in [1.29, 1.82) is 0 Å². The fourth-order valence-electron chi connectivity index (χ4n) is 2.33. The Morgan fingerprint density at radius 1 is 1.15 bits per heavy atom. The van der Waals surface area contributed by atoms with Crippen LogP contribution in [-0.2, 0) is 9.25 Å². The van der Waals surface area contributed by atoms with E-state index in [9.17, 15) is 14.7 Å². The Hall–Kier alpha value is -1.50. The van der Waals surface area contributed by atoms with Crippen LogP contribution < -0.4 is 5.32 Å². The van der Waals surface area contributed by atoms with E-state index < -0.39 is 16.1 Å². The van der Waals surface area contributed by atoms with Crippen LogP contribution in [0.5, 0.6) is 0 Å². The van der Waals surface area contributed by atoms with Crippen molar-refractivity contribution < 1.29 is 14.7 Å². The number of halogens is 2. The number of hydrogen-bond acceptors (Lipinski definition) is 3. The SMILES string of the molecule is CN(CCCNC(=O)CN(C(=O)O)C(C)(C)C)C(Cl)(Cl)c1ccccc1. The van der Waals surface area contributed by atoms with Crippen molar-refractivity contribution in [2.45, 2.75) is 37.2 Å². The Bertz CT molecular complexity index is 603. The third-order valence-electron chi connectivity index (χ3n) is 3.94. The number of alkyl halides is 2. The summed E-state index contributed by atoms with van der Waals surface area (Å²) in [4.78, 5) is 26.1. The molecule has 0 aromatic heterocycles. The van der Waals surface area contributed by atoms with Crippen LogP contribution in [0.4, 0.5) is 4.79 Å². The maximum Gasteiger partial charge on any atom is 0.408 e. The highest BCUT2D eigenvalue weighted by Crippen LogP contribution is 2.36. The van der Waals surface area contributed by atoms with Crippen molar-refractivity contribution in [2.75, 3.05) is 26.7 Å². The third-order valence-corrected chi connectivity index (χ3v) is 4.95. The van der Waals surface area contributed by atoms with Crippen LogP contribution in [-0.4, -0.2) is 59.1 Å². The number of amides is 2. The number of hydrogen-bond donors (Lipinski definition) is 2. The smallest absolute Gasteiger partial charge is 0.408 e. The van der Waals surface area contributed by atoms with Crippen LogP contribution in [0.25, 0.3) is 0 Å². The van der Waals surface area contributed by atoms with Gasteiger partial charge < -0.3 is 10.4 Å². The van der Waals surface area contributed by atoms with Crippen LogP contribution in [0.3, 0.4) is 0 Å². The second-order valence-electron chi connectivity index (χ2n) is 7.07. The minimum absolute atomic E-state index is 0.201. The molecule has 2 N–H and O–H groups in total. The van der Waals surface area contributed by atoms with Crippen LogP contribution in [0.2, 0.25) is 0 Å². The molecule has 1 aromatic rings. The van der Waals surface area contributed by atoms with Crippen LogP contribution in [0, 0.1) is 0 Å². The van der Waals surface area contributed by atoms with Gasteiger partial charge in [-0.1, -0.05) is 53.5 Å². The maximum absolute atomic E-state index is 12.0. The predicted octanol–water partition coefficient (Wildman–Crippen LogP) is 3.49. The molecule has 1 rings (SSSR count). The number of carboxylic acid groups (broad SMARTS) is 1. The van der Waals surface area contributed by atoms with Gasteiger partial charge >= 0.3 is 6.09 Å². The lowest BCUT2D eigenvalue weighted by Gasteiger charge is -2.32. The van der Waals surface area contributed by atoms with Gasteiger partial charge in [0.2, 0.25) is 5.91 Å². The van der Waals surface area contributed by atoms with Gasteiger partial charge in [-0.3, -0.25) is 14.6 Å². The quantitative estimate of drug-likeness (QED) is 0.395. The standard InChI is InChI=1S/C18H27Cl2N3O3/c1-17(2,3)23(16(25)26)13-15(24)21-11-8-12-22(4)18(19,20)14-9-6-5-7-10-14/h5-7,9-10H,8,11-13H2,1-4H3,(H,21,24)(H,25,26). The van der Waals surface area contributed by atoms with E-state index in [0.29, 0.717) is 19.5 Å². The monoisotopic (exact) mass is 403 g/mol. The average Bonchev–Trinajstić information content (AvgIpc) is 2.55. The number of rotatable bonds is 8. The van der Waals surface area contributed by atoms with Crippen LogP contribution >= 0.6 is 23.2 Å². The summed E-state index contributed by atoms with van der Waals surface area (Å²) in [6.45, 7) is 5.99. The van der Waals surface area contributed by atoms with Crippen molar-refractivity contribution in [2.24, 2.45) is 0 Å². The van der Waals surface area contributed by atoms with E-state index in [0.717, 1.165) is 10.5 Å². The first-order valence-corrected chi connectivity index (χ1v) is 9.13. The molecular weight excluding hydrogens is 377 g/mol. The van der Waals surface area contributed by atoms with E-state index in [4.69, 9.17) is 23.2 Å². The highest BCUT2D eigenvalue weighted by Gasteiger charge is 2.31. The fraction of sp³-hybridized carbons (Fsp3) is 0.556. The molecule has 2 amide bonds. The number of nitrogens with one attached hydrogen (secondary N) is 1. The van der Waals surface area contributed by atoms with Gasteiger partial charge in [-0.05, 0) is 34.2 Å². The molecule has 0 atom stereocenters. The van der Waals surface area contributed by atoms with Crippen molar-refractivity contribution in [1.82, 2.24) is 15.1 Å². The fourth-order valence-corrected chi connectivity index (χ4v) is 2.76. The molecular formula is C18H27Cl2N3O3. The van der Waals surface area contributed by atoms with Gasteiger partial charge in [0.25, 0.3) is 0 Å². The summed E-state index contributed by atoms with van der Waals surface area (Å²) >= 11 is 12.9. The first-order valence-electron chi connectivity index (χ1n) is 8.38. The second-order valence-corrected chi connectivity index (χ2v) is 8.36. The van der Waals surface area contributed by atoms with Gasteiger partial charge in [0.15, 0.2) is 4.46 Å². The van der Waals surface area contributed by atoms with E-state index >= 15 is 0 Å². The molecule has 26 heavy (non-hydrogen) atoms. The van der Waals surface area contributed by atoms with Crippen LogP contribution in [0.1, 0.15) is 32.8 Å². The summed E-state index contributed by atoms with van der Waals surface area (Å²) in [5, 5.41) is 11.9. The lowest BCUT2D eigenvalue weighted by atomic mass is 10.1. The molecule has 0 bridgehead atoms. The zero-order valence-corrected chi connectivity index (χ0v) is 17.1. The molecule has 0 spiro atoms. The Morgan fingerprint density at radius 3 is 2.23 bits per heavy atom. The van der Waals surface area contributed by atoms with Gasteiger partial charge in [0.1, 0.15) is 6.54 Å².